The number of rotatable bonds is 8. The molecular formula is C15H31N3. The van der Waals surface area contributed by atoms with E-state index in [-0.39, 0.29) is 0 Å². The number of nitrogens with zero attached hydrogens (tertiary/aromatic N) is 2. The lowest BCUT2D eigenvalue weighted by Crippen LogP contribution is -2.42. The van der Waals surface area contributed by atoms with Crippen molar-refractivity contribution in [3.05, 3.63) is 0 Å². The second-order valence-electron chi connectivity index (χ2n) is 6.33. The third kappa shape index (κ3) is 5.25. The Hall–Kier alpha value is -0.120. The summed E-state index contributed by atoms with van der Waals surface area (Å²) in [5, 5.41) is 3.59. The van der Waals surface area contributed by atoms with E-state index in [1.165, 1.54) is 71.1 Å². The summed E-state index contributed by atoms with van der Waals surface area (Å²) >= 11 is 0. The lowest BCUT2D eigenvalue weighted by atomic mass is 10.0. The molecule has 1 saturated heterocycles. The topological polar surface area (TPSA) is 18.5 Å². The van der Waals surface area contributed by atoms with Crippen LogP contribution in [-0.4, -0.2) is 62.2 Å². The fraction of sp³-hybridized carbons (Fsp3) is 1.00. The highest BCUT2D eigenvalue weighted by Crippen LogP contribution is 2.18. The lowest BCUT2D eigenvalue weighted by Gasteiger charge is -2.35. The van der Waals surface area contributed by atoms with Gasteiger partial charge in [-0.2, -0.15) is 0 Å². The van der Waals surface area contributed by atoms with Crippen LogP contribution in [0.4, 0.5) is 0 Å². The first-order valence-corrected chi connectivity index (χ1v) is 7.88. The molecule has 3 heteroatoms. The number of unbranched alkanes of at least 4 members (excludes halogenated alkanes) is 2. The Morgan fingerprint density at radius 2 is 1.72 bits per heavy atom. The molecular weight excluding hydrogens is 222 g/mol. The van der Waals surface area contributed by atoms with Crippen LogP contribution >= 0.6 is 0 Å². The van der Waals surface area contributed by atoms with Gasteiger partial charge >= 0.3 is 0 Å². The molecule has 2 aliphatic rings. The highest BCUT2D eigenvalue weighted by molar-refractivity contribution is 4.80. The maximum absolute atomic E-state index is 3.59. The van der Waals surface area contributed by atoms with Crippen LogP contribution in [0.2, 0.25) is 0 Å². The zero-order valence-electron chi connectivity index (χ0n) is 12.3. The first-order valence-electron chi connectivity index (χ1n) is 7.88. The standard InChI is InChI=1S/C15H31N3/c1-17(2)15-8-12-18(13-9-15)11-5-3-4-10-16-14-6-7-14/h14-16H,3-13H2,1-2H3. The van der Waals surface area contributed by atoms with E-state index in [2.05, 4.69) is 29.2 Å². The number of hydrogen-bond acceptors (Lipinski definition) is 3. The number of likely N-dealkylation sites (tertiary alicyclic amines) is 1. The smallest absolute Gasteiger partial charge is 0.0113 e. The second kappa shape index (κ2) is 7.46. The average Bonchev–Trinajstić information content (AvgIpc) is 3.18. The summed E-state index contributed by atoms with van der Waals surface area (Å²) in [7, 11) is 4.43. The summed E-state index contributed by atoms with van der Waals surface area (Å²) in [6, 6.07) is 1.71. The van der Waals surface area contributed by atoms with Crippen LogP contribution in [0.25, 0.3) is 0 Å². The molecule has 1 N–H and O–H groups in total. The van der Waals surface area contributed by atoms with Gasteiger partial charge in [0, 0.05) is 12.1 Å². The zero-order valence-corrected chi connectivity index (χ0v) is 12.3. The maximum Gasteiger partial charge on any atom is 0.0113 e. The molecule has 3 nitrogen and oxygen atoms in total. The van der Waals surface area contributed by atoms with Crippen molar-refractivity contribution in [2.75, 3.05) is 40.3 Å². The molecule has 18 heavy (non-hydrogen) atoms. The molecule has 2 rings (SSSR count). The van der Waals surface area contributed by atoms with E-state index in [1.54, 1.807) is 0 Å². The molecule has 0 atom stereocenters. The Kier molecular flexibility index (Phi) is 5.93. The van der Waals surface area contributed by atoms with Crippen LogP contribution in [0.3, 0.4) is 0 Å². The van der Waals surface area contributed by atoms with E-state index in [0.29, 0.717) is 0 Å². The van der Waals surface area contributed by atoms with Gasteiger partial charge in [0.1, 0.15) is 0 Å². The van der Waals surface area contributed by atoms with Gasteiger partial charge in [-0.3, -0.25) is 0 Å². The van der Waals surface area contributed by atoms with E-state index < -0.39 is 0 Å². The van der Waals surface area contributed by atoms with Crippen molar-refractivity contribution in [3.8, 4) is 0 Å². The van der Waals surface area contributed by atoms with Crippen molar-refractivity contribution >= 4 is 0 Å². The molecule has 1 aliphatic heterocycles. The molecule has 0 aromatic heterocycles. The summed E-state index contributed by atoms with van der Waals surface area (Å²) < 4.78 is 0. The Balaban J connectivity index is 1.42. The Morgan fingerprint density at radius 3 is 2.33 bits per heavy atom. The molecule has 0 amide bonds. The molecule has 0 radical (unpaired) electrons. The van der Waals surface area contributed by atoms with E-state index in [0.717, 1.165) is 12.1 Å². The molecule has 0 aromatic carbocycles. The second-order valence-corrected chi connectivity index (χ2v) is 6.33. The summed E-state index contributed by atoms with van der Waals surface area (Å²) in [6.07, 6.45) is 9.70. The Morgan fingerprint density at radius 1 is 1.00 bits per heavy atom. The van der Waals surface area contributed by atoms with Crippen molar-refractivity contribution < 1.29 is 0 Å². The maximum atomic E-state index is 3.59. The van der Waals surface area contributed by atoms with E-state index in [4.69, 9.17) is 0 Å². The molecule has 1 aliphatic carbocycles. The number of nitrogens with one attached hydrogen (secondary N) is 1. The highest BCUT2D eigenvalue weighted by Gasteiger charge is 2.20. The van der Waals surface area contributed by atoms with Crippen LogP contribution in [0.15, 0.2) is 0 Å². The fourth-order valence-electron chi connectivity index (χ4n) is 2.89. The molecule has 0 bridgehead atoms. The third-order valence-electron chi connectivity index (χ3n) is 4.45. The summed E-state index contributed by atoms with van der Waals surface area (Å²) in [4.78, 5) is 5.05. The van der Waals surface area contributed by atoms with Crippen LogP contribution in [0.5, 0.6) is 0 Å². The van der Waals surface area contributed by atoms with Crippen molar-refractivity contribution in [1.29, 1.82) is 0 Å². The largest absolute Gasteiger partial charge is 0.314 e. The molecule has 1 saturated carbocycles. The zero-order chi connectivity index (χ0) is 12.8. The predicted octanol–water partition coefficient (Wildman–Crippen LogP) is 1.93. The monoisotopic (exact) mass is 253 g/mol. The molecule has 106 valence electrons. The number of piperidine rings is 1. The van der Waals surface area contributed by atoms with Gasteiger partial charge in [-0.15, -0.1) is 0 Å². The van der Waals surface area contributed by atoms with E-state index in [9.17, 15) is 0 Å². The minimum Gasteiger partial charge on any atom is -0.314 e. The van der Waals surface area contributed by atoms with Crippen molar-refractivity contribution in [3.63, 3.8) is 0 Å². The van der Waals surface area contributed by atoms with Crippen LogP contribution in [-0.2, 0) is 0 Å². The van der Waals surface area contributed by atoms with Gasteiger partial charge in [0.05, 0.1) is 0 Å². The summed E-state index contributed by atoms with van der Waals surface area (Å²) in [6.45, 7) is 5.18. The summed E-state index contributed by atoms with van der Waals surface area (Å²) in [5.74, 6) is 0. The number of hydrogen-bond donors (Lipinski definition) is 1. The van der Waals surface area contributed by atoms with Gasteiger partial charge in [-0.25, -0.2) is 0 Å². The first-order chi connectivity index (χ1) is 8.75. The quantitative estimate of drug-likeness (QED) is 0.667. The van der Waals surface area contributed by atoms with Crippen molar-refractivity contribution in [2.45, 2.75) is 57.0 Å². The fourth-order valence-corrected chi connectivity index (χ4v) is 2.89. The predicted molar refractivity (Wildman–Crippen MR) is 78.0 cm³/mol. The van der Waals surface area contributed by atoms with Gasteiger partial charge in [0.2, 0.25) is 0 Å². The minimum atomic E-state index is 0.823. The van der Waals surface area contributed by atoms with E-state index >= 15 is 0 Å². The molecule has 0 unspecified atom stereocenters. The Labute approximate surface area is 113 Å². The highest BCUT2D eigenvalue weighted by atomic mass is 15.2. The van der Waals surface area contributed by atoms with Crippen molar-refractivity contribution in [2.24, 2.45) is 0 Å². The minimum absolute atomic E-state index is 0.823. The van der Waals surface area contributed by atoms with Crippen LogP contribution < -0.4 is 5.32 Å². The summed E-state index contributed by atoms with van der Waals surface area (Å²) in [5.41, 5.74) is 0. The van der Waals surface area contributed by atoms with Gasteiger partial charge < -0.3 is 15.1 Å². The normalized spacial score (nSPS) is 22.8. The average molecular weight is 253 g/mol. The molecule has 1 heterocycles. The SMILES string of the molecule is CN(C)C1CCN(CCCCCNC2CC2)CC1. The van der Waals surface area contributed by atoms with Gasteiger partial charge in [0.25, 0.3) is 0 Å². The van der Waals surface area contributed by atoms with E-state index in [1.807, 2.05) is 0 Å². The lowest BCUT2D eigenvalue weighted by molar-refractivity contribution is 0.143. The van der Waals surface area contributed by atoms with Gasteiger partial charge in [-0.05, 0) is 78.8 Å². The van der Waals surface area contributed by atoms with Crippen molar-refractivity contribution in [1.82, 2.24) is 15.1 Å². The van der Waals surface area contributed by atoms with Gasteiger partial charge in [-0.1, -0.05) is 6.42 Å². The third-order valence-corrected chi connectivity index (χ3v) is 4.45. The van der Waals surface area contributed by atoms with Crippen LogP contribution in [0.1, 0.15) is 44.9 Å². The Bertz CT molecular complexity index is 218. The molecule has 2 fully saturated rings. The van der Waals surface area contributed by atoms with Gasteiger partial charge in [0.15, 0.2) is 0 Å². The first kappa shape index (κ1) is 14.3. The van der Waals surface area contributed by atoms with Crippen LogP contribution in [0, 0.1) is 0 Å². The molecule has 0 aromatic rings. The molecule has 0 spiro atoms.